The molecule has 9 nitrogen and oxygen atoms in total. The maximum Gasteiger partial charge on any atom is 0.271 e. The highest BCUT2D eigenvalue weighted by atomic mass is 19.1. The molecule has 1 aromatic heterocycles. The maximum absolute atomic E-state index is 14.5. The number of benzene rings is 1. The van der Waals surface area contributed by atoms with Crippen molar-refractivity contribution >= 4 is 28.6 Å². The normalized spacial score (nSPS) is 24.4. The van der Waals surface area contributed by atoms with E-state index in [1.54, 1.807) is 11.0 Å². The molecule has 2 unspecified atom stereocenters. The van der Waals surface area contributed by atoms with Gasteiger partial charge in [0, 0.05) is 23.4 Å². The number of carbonyl (C=O) groups excluding carboxylic acids is 3. The van der Waals surface area contributed by atoms with Crippen LogP contribution in [0.3, 0.4) is 0 Å². The number of hydrogen-bond acceptors (Lipinski definition) is 5. The van der Waals surface area contributed by atoms with Gasteiger partial charge < -0.3 is 25.3 Å². The van der Waals surface area contributed by atoms with Gasteiger partial charge in [-0.25, -0.2) is 4.39 Å². The van der Waals surface area contributed by atoms with E-state index in [9.17, 15) is 24.0 Å². The Morgan fingerprint density at radius 3 is 2.64 bits per heavy atom. The summed E-state index contributed by atoms with van der Waals surface area (Å²) in [5.74, 6) is -1.32. The van der Waals surface area contributed by atoms with Gasteiger partial charge in [-0.05, 0) is 69.6 Å². The molecule has 3 amide bonds. The Morgan fingerprint density at radius 2 is 2.00 bits per heavy atom. The highest BCUT2D eigenvalue weighted by Gasteiger charge is 2.49. The predicted molar refractivity (Wildman–Crippen MR) is 142 cm³/mol. The minimum Gasteiger partial charge on any atom is -0.496 e. The summed E-state index contributed by atoms with van der Waals surface area (Å²) in [4.78, 5) is 44.4. The Bertz CT molecular complexity index is 1340. The standard InChI is InChI=1S/C29H36FN5O4/c1-28(2)13-17(25(36)34-28)11-18(15-31)32-26(37)22-14-29(9-5-4-6-10-29)16-35(22)27(38)21-12-19-23(39-3)8-7-20(30)24(19)33-21/h7-8,12,17-18,22,33H,4-6,9-11,13-14,16H2,1-3H3,(H,32,37)(H,34,36)/t17-,18?,22?/m1/s1. The second-order valence-corrected chi connectivity index (χ2v) is 12.1. The molecule has 2 saturated heterocycles. The monoisotopic (exact) mass is 537 g/mol. The van der Waals surface area contributed by atoms with Crippen LogP contribution in [0, 0.1) is 28.5 Å². The summed E-state index contributed by atoms with van der Waals surface area (Å²) in [5.41, 5.74) is -0.161. The Hall–Kier alpha value is -3.61. The summed E-state index contributed by atoms with van der Waals surface area (Å²) in [6.45, 7) is 4.29. The third kappa shape index (κ3) is 5.19. The summed E-state index contributed by atoms with van der Waals surface area (Å²) < 4.78 is 19.9. The van der Waals surface area contributed by atoms with Crippen molar-refractivity contribution in [2.24, 2.45) is 11.3 Å². The number of nitrogens with zero attached hydrogens (tertiary/aromatic N) is 2. The van der Waals surface area contributed by atoms with Gasteiger partial charge in [0.1, 0.15) is 29.3 Å². The number of halogens is 1. The highest BCUT2D eigenvalue weighted by molar-refractivity contribution is 6.02. The number of amides is 3. The van der Waals surface area contributed by atoms with Crippen LogP contribution in [0.25, 0.3) is 10.9 Å². The van der Waals surface area contributed by atoms with E-state index in [2.05, 4.69) is 21.7 Å². The number of nitriles is 1. The molecule has 1 aromatic carbocycles. The smallest absolute Gasteiger partial charge is 0.271 e. The first-order valence-corrected chi connectivity index (χ1v) is 13.7. The molecule has 3 heterocycles. The van der Waals surface area contributed by atoms with Gasteiger partial charge in [-0.15, -0.1) is 0 Å². The lowest BCUT2D eigenvalue weighted by Crippen LogP contribution is -2.49. The summed E-state index contributed by atoms with van der Waals surface area (Å²) in [6, 6.07) is 4.88. The van der Waals surface area contributed by atoms with E-state index < -0.39 is 23.8 Å². The molecule has 3 fully saturated rings. The van der Waals surface area contributed by atoms with E-state index in [-0.39, 0.29) is 46.3 Å². The van der Waals surface area contributed by atoms with E-state index in [1.807, 2.05) is 13.8 Å². The van der Waals surface area contributed by atoms with Gasteiger partial charge >= 0.3 is 0 Å². The Balaban J connectivity index is 1.39. The Labute approximate surface area is 227 Å². The van der Waals surface area contributed by atoms with Crippen molar-refractivity contribution in [3.8, 4) is 11.8 Å². The van der Waals surface area contributed by atoms with Gasteiger partial charge in [0.05, 0.1) is 18.7 Å². The second-order valence-electron chi connectivity index (χ2n) is 12.1. The lowest BCUT2D eigenvalue weighted by atomic mass is 9.72. The Morgan fingerprint density at radius 1 is 1.26 bits per heavy atom. The van der Waals surface area contributed by atoms with Crippen molar-refractivity contribution in [1.82, 2.24) is 20.5 Å². The Kier molecular flexibility index (Phi) is 7.04. The molecular weight excluding hydrogens is 501 g/mol. The number of hydrogen-bond donors (Lipinski definition) is 3. The van der Waals surface area contributed by atoms with E-state index in [1.165, 1.54) is 19.2 Å². The summed E-state index contributed by atoms with van der Waals surface area (Å²) in [7, 11) is 1.48. The van der Waals surface area contributed by atoms with Crippen LogP contribution in [0.2, 0.25) is 0 Å². The molecule has 3 N–H and O–H groups in total. The van der Waals surface area contributed by atoms with Crippen LogP contribution >= 0.6 is 0 Å². The number of fused-ring (bicyclic) bond motifs is 1. The highest BCUT2D eigenvalue weighted by Crippen LogP contribution is 2.47. The third-order valence-corrected chi connectivity index (χ3v) is 8.72. The molecule has 39 heavy (non-hydrogen) atoms. The van der Waals surface area contributed by atoms with Crippen LogP contribution in [-0.2, 0) is 9.59 Å². The van der Waals surface area contributed by atoms with Gasteiger partial charge in [0.15, 0.2) is 0 Å². The van der Waals surface area contributed by atoms with E-state index in [0.29, 0.717) is 30.5 Å². The molecule has 0 bridgehead atoms. The van der Waals surface area contributed by atoms with Crippen molar-refractivity contribution in [3.63, 3.8) is 0 Å². The largest absolute Gasteiger partial charge is 0.496 e. The molecule has 3 aliphatic rings. The lowest BCUT2D eigenvalue weighted by molar-refractivity contribution is -0.126. The SMILES string of the molecule is COc1ccc(F)c2[nH]c(C(=O)N3CC4(CCCCC4)CC3C(=O)NC(C#N)C[C@@H]3CC(C)(C)NC3=O)cc12. The quantitative estimate of drug-likeness (QED) is 0.517. The maximum atomic E-state index is 14.5. The average Bonchev–Trinajstić information content (AvgIpc) is 3.58. The van der Waals surface area contributed by atoms with Crippen molar-refractivity contribution < 1.29 is 23.5 Å². The predicted octanol–water partition coefficient (Wildman–Crippen LogP) is 3.79. The van der Waals surface area contributed by atoms with Crippen LogP contribution in [0.5, 0.6) is 5.75 Å². The molecule has 10 heteroatoms. The fourth-order valence-corrected chi connectivity index (χ4v) is 6.86. The van der Waals surface area contributed by atoms with Gasteiger partial charge in [-0.1, -0.05) is 19.3 Å². The van der Waals surface area contributed by atoms with E-state index >= 15 is 0 Å². The molecule has 208 valence electrons. The molecule has 1 aliphatic carbocycles. The molecule has 5 rings (SSSR count). The summed E-state index contributed by atoms with van der Waals surface area (Å²) >= 11 is 0. The van der Waals surface area contributed by atoms with Gasteiger partial charge in [0.25, 0.3) is 5.91 Å². The molecule has 2 aromatic rings. The number of methoxy groups -OCH3 is 1. The van der Waals surface area contributed by atoms with Crippen LogP contribution in [0.4, 0.5) is 4.39 Å². The summed E-state index contributed by atoms with van der Waals surface area (Å²) in [6.07, 6.45) is 6.37. The van der Waals surface area contributed by atoms with Crippen LogP contribution in [0.1, 0.15) is 75.7 Å². The van der Waals surface area contributed by atoms with Gasteiger partial charge in [0.2, 0.25) is 11.8 Å². The molecule has 2 aliphatic heterocycles. The van der Waals surface area contributed by atoms with Gasteiger partial charge in [-0.3, -0.25) is 14.4 Å². The zero-order valence-corrected chi connectivity index (χ0v) is 22.7. The molecule has 0 radical (unpaired) electrons. The number of rotatable bonds is 6. The third-order valence-electron chi connectivity index (χ3n) is 8.72. The first kappa shape index (κ1) is 27.0. The average molecular weight is 538 g/mol. The number of carbonyl (C=O) groups is 3. The number of likely N-dealkylation sites (tertiary alicyclic amines) is 1. The van der Waals surface area contributed by atoms with Crippen molar-refractivity contribution in [2.45, 2.75) is 82.8 Å². The number of ether oxygens (including phenoxy) is 1. The van der Waals surface area contributed by atoms with Crippen LogP contribution in [-0.4, -0.2) is 58.9 Å². The van der Waals surface area contributed by atoms with Crippen molar-refractivity contribution in [2.75, 3.05) is 13.7 Å². The molecular formula is C29H36FN5O4. The zero-order chi connectivity index (χ0) is 27.9. The fourth-order valence-electron chi connectivity index (χ4n) is 6.86. The molecule has 3 atom stereocenters. The van der Waals surface area contributed by atoms with Gasteiger partial charge in [-0.2, -0.15) is 5.26 Å². The van der Waals surface area contributed by atoms with Crippen LogP contribution in [0.15, 0.2) is 18.2 Å². The zero-order valence-electron chi connectivity index (χ0n) is 22.7. The topological polar surface area (TPSA) is 127 Å². The minimum atomic E-state index is -0.853. The number of aromatic nitrogens is 1. The fraction of sp³-hybridized carbons (Fsp3) is 0.586. The van der Waals surface area contributed by atoms with Crippen molar-refractivity contribution in [3.05, 3.63) is 29.7 Å². The minimum absolute atomic E-state index is 0.116. The first-order valence-electron chi connectivity index (χ1n) is 13.7. The first-order chi connectivity index (χ1) is 18.5. The lowest BCUT2D eigenvalue weighted by Gasteiger charge is -2.32. The molecule has 1 spiro atoms. The number of nitrogens with one attached hydrogen (secondary N) is 3. The number of aromatic amines is 1. The number of H-pyrrole nitrogens is 1. The van der Waals surface area contributed by atoms with E-state index in [0.717, 1.165) is 32.1 Å². The second kappa shape index (κ2) is 10.2. The van der Waals surface area contributed by atoms with E-state index in [4.69, 9.17) is 4.74 Å². The van der Waals surface area contributed by atoms with Crippen LogP contribution < -0.4 is 15.4 Å². The van der Waals surface area contributed by atoms with Crippen molar-refractivity contribution in [1.29, 1.82) is 5.26 Å². The summed E-state index contributed by atoms with van der Waals surface area (Å²) in [5, 5.41) is 16.0. The molecule has 1 saturated carbocycles.